The highest BCUT2D eigenvalue weighted by molar-refractivity contribution is 6.43. The van der Waals surface area contributed by atoms with Gasteiger partial charge in [-0.3, -0.25) is 9.69 Å². The Hall–Kier alpha value is -0.810. The lowest BCUT2D eigenvalue weighted by Gasteiger charge is -2.34. The van der Waals surface area contributed by atoms with Crippen LogP contribution in [-0.2, 0) is 0 Å². The molecule has 0 aromatic heterocycles. The summed E-state index contributed by atoms with van der Waals surface area (Å²) >= 11 is 12.0. The number of benzene rings is 1. The Kier molecular flexibility index (Phi) is 5.05. The van der Waals surface area contributed by atoms with Crippen molar-refractivity contribution in [3.8, 4) is 0 Å². The summed E-state index contributed by atoms with van der Waals surface area (Å²) < 4.78 is 0. The van der Waals surface area contributed by atoms with E-state index in [1.165, 1.54) is 0 Å². The standard InChI is InChI=1S/C13H17Cl2N3O/c14-11-3-1-2-10(12(11)15)13(19)18-8-6-17(5-4-16)7-9-18/h1-3H,4-9,16H2. The molecule has 6 heteroatoms. The summed E-state index contributed by atoms with van der Waals surface area (Å²) in [6.07, 6.45) is 0. The van der Waals surface area contributed by atoms with Crippen molar-refractivity contribution >= 4 is 29.1 Å². The van der Waals surface area contributed by atoms with Crippen LogP contribution in [0.3, 0.4) is 0 Å². The number of carbonyl (C=O) groups is 1. The lowest BCUT2D eigenvalue weighted by atomic mass is 10.1. The molecule has 0 saturated carbocycles. The quantitative estimate of drug-likeness (QED) is 0.925. The number of nitrogens with zero attached hydrogens (tertiary/aromatic N) is 2. The third-order valence-electron chi connectivity index (χ3n) is 3.29. The van der Waals surface area contributed by atoms with E-state index in [0.29, 0.717) is 35.2 Å². The first kappa shape index (κ1) is 14.6. The average Bonchev–Trinajstić information content (AvgIpc) is 2.42. The first-order valence-electron chi connectivity index (χ1n) is 6.29. The third-order valence-corrected chi connectivity index (χ3v) is 4.11. The number of rotatable bonds is 3. The van der Waals surface area contributed by atoms with Gasteiger partial charge in [-0.05, 0) is 12.1 Å². The first-order valence-corrected chi connectivity index (χ1v) is 7.05. The summed E-state index contributed by atoms with van der Waals surface area (Å²) in [6.45, 7) is 4.61. The van der Waals surface area contributed by atoms with Crippen LogP contribution in [0, 0.1) is 0 Å². The van der Waals surface area contributed by atoms with E-state index >= 15 is 0 Å². The Morgan fingerprint density at radius 1 is 1.21 bits per heavy atom. The van der Waals surface area contributed by atoms with Gasteiger partial charge in [-0.2, -0.15) is 0 Å². The molecule has 0 radical (unpaired) electrons. The molecule has 1 amide bonds. The molecule has 1 aromatic rings. The maximum atomic E-state index is 12.4. The van der Waals surface area contributed by atoms with Gasteiger partial charge < -0.3 is 10.6 Å². The second kappa shape index (κ2) is 6.57. The van der Waals surface area contributed by atoms with Crippen LogP contribution in [0.4, 0.5) is 0 Å². The van der Waals surface area contributed by atoms with E-state index in [4.69, 9.17) is 28.9 Å². The van der Waals surface area contributed by atoms with Crippen molar-refractivity contribution in [2.24, 2.45) is 5.73 Å². The number of amides is 1. The van der Waals surface area contributed by atoms with E-state index in [-0.39, 0.29) is 5.91 Å². The summed E-state index contributed by atoms with van der Waals surface area (Å²) in [7, 11) is 0. The molecule has 0 aliphatic carbocycles. The zero-order chi connectivity index (χ0) is 13.8. The van der Waals surface area contributed by atoms with Crippen LogP contribution >= 0.6 is 23.2 Å². The van der Waals surface area contributed by atoms with Gasteiger partial charge >= 0.3 is 0 Å². The molecule has 0 unspecified atom stereocenters. The van der Waals surface area contributed by atoms with Gasteiger partial charge in [-0.1, -0.05) is 29.3 Å². The van der Waals surface area contributed by atoms with E-state index in [1.807, 2.05) is 4.90 Å². The molecule has 2 N–H and O–H groups in total. The summed E-state index contributed by atoms with van der Waals surface area (Å²) in [5, 5.41) is 0.743. The van der Waals surface area contributed by atoms with Crippen LogP contribution < -0.4 is 5.73 Å². The fourth-order valence-corrected chi connectivity index (χ4v) is 2.58. The zero-order valence-corrected chi connectivity index (χ0v) is 12.1. The second-order valence-electron chi connectivity index (χ2n) is 4.52. The molecule has 1 aliphatic heterocycles. The molecule has 19 heavy (non-hydrogen) atoms. The van der Waals surface area contributed by atoms with Crippen LogP contribution in [0.5, 0.6) is 0 Å². The highest BCUT2D eigenvalue weighted by Crippen LogP contribution is 2.26. The lowest BCUT2D eigenvalue weighted by Crippen LogP contribution is -2.49. The Bertz CT molecular complexity index is 459. The Morgan fingerprint density at radius 3 is 2.53 bits per heavy atom. The van der Waals surface area contributed by atoms with Gasteiger partial charge in [0, 0.05) is 39.3 Å². The van der Waals surface area contributed by atoms with E-state index in [2.05, 4.69) is 4.90 Å². The van der Waals surface area contributed by atoms with Crippen LogP contribution in [-0.4, -0.2) is 55.0 Å². The largest absolute Gasteiger partial charge is 0.336 e. The molecular weight excluding hydrogens is 285 g/mol. The normalized spacial score (nSPS) is 16.7. The minimum absolute atomic E-state index is 0.0556. The zero-order valence-electron chi connectivity index (χ0n) is 10.6. The van der Waals surface area contributed by atoms with E-state index in [9.17, 15) is 4.79 Å². The number of piperazine rings is 1. The molecule has 1 aliphatic rings. The molecule has 1 saturated heterocycles. The molecule has 1 fully saturated rings. The van der Waals surface area contributed by atoms with Crippen LogP contribution in [0.25, 0.3) is 0 Å². The Morgan fingerprint density at radius 2 is 1.89 bits per heavy atom. The van der Waals surface area contributed by atoms with Gasteiger partial charge in [-0.15, -0.1) is 0 Å². The van der Waals surface area contributed by atoms with Gasteiger partial charge in [0.1, 0.15) is 0 Å². The average molecular weight is 302 g/mol. The highest BCUT2D eigenvalue weighted by atomic mass is 35.5. The number of halogens is 2. The van der Waals surface area contributed by atoms with E-state index in [1.54, 1.807) is 18.2 Å². The van der Waals surface area contributed by atoms with Crippen molar-refractivity contribution < 1.29 is 4.79 Å². The van der Waals surface area contributed by atoms with Crippen molar-refractivity contribution in [2.75, 3.05) is 39.3 Å². The monoisotopic (exact) mass is 301 g/mol. The molecule has 1 heterocycles. The number of hydrogen-bond acceptors (Lipinski definition) is 3. The molecule has 0 bridgehead atoms. The minimum atomic E-state index is -0.0556. The van der Waals surface area contributed by atoms with Crippen molar-refractivity contribution in [1.29, 1.82) is 0 Å². The van der Waals surface area contributed by atoms with Gasteiger partial charge in [0.25, 0.3) is 5.91 Å². The smallest absolute Gasteiger partial charge is 0.255 e. The fourth-order valence-electron chi connectivity index (χ4n) is 2.20. The summed E-state index contributed by atoms with van der Waals surface area (Å²) in [5.74, 6) is -0.0556. The topological polar surface area (TPSA) is 49.6 Å². The van der Waals surface area contributed by atoms with Gasteiger partial charge in [0.05, 0.1) is 15.6 Å². The Balaban J connectivity index is 2.03. The molecule has 0 spiro atoms. The number of hydrogen-bond donors (Lipinski definition) is 1. The Labute approximate surface area is 123 Å². The SMILES string of the molecule is NCCN1CCN(C(=O)c2cccc(Cl)c2Cl)CC1. The van der Waals surface area contributed by atoms with Gasteiger partial charge in [-0.25, -0.2) is 0 Å². The number of carbonyl (C=O) groups excluding carboxylic acids is 1. The molecule has 2 rings (SSSR count). The van der Waals surface area contributed by atoms with Crippen LogP contribution in [0.1, 0.15) is 10.4 Å². The van der Waals surface area contributed by atoms with Crippen molar-refractivity contribution in [1.82, 2.24) is 9.80 Å². The van der Waals surface area contributed by atoms with Crippen molar-refractivity contribution in [3.05, 3.63) is 33.8 Å². The molecule has 0 atom stereocenters. The molecule has 104 valence electrons. The van der Waals surface area contributed by atoms with Gasteiger partial charge in [0.2, 0.25) is 0 Å². The second-order valence-corrected chi connectivity index (χ2v) is 5.31. The maximum Gasteiger partial charge on any atom is 0.255 e. The minimum Gasteiger partial charge on any atom is -0.336 e. The summed E-state index contributed by atoms with van der Waals surface area (Å²) in [5.41, 5.74) is 6.00. The van der Waals surface area contributed by atoms with Crippen LogP contribution in [0.15, 0.2) is 18.2 Å². The van der Waals surface area contributed by atoms with Crippen LogP contribution in [0.2, 0.25) is 10.0 Å². The number of nitrogens with two attached hydrogens (primary N) is 1. The van der Waals surface area contributed by atoms with E-state index in [0.717, 1.165) is 19.6 Å². The van der Waals surface area contributed by atoms with Crippen molar-refractivity contribution in [2.45, 2.75) is 0 Å². The van der Waals surface area contributed by atoms with E-state index < -0.39 is 0 Å². The fraction of sp³-hybridized carbons (Fsp3) is 0.462. The summed E-state index contributed by atoms with van der Waals surface area (Å²) in [6, 6.07) is 5.13. The summed E-state index contributed by atoms with van der Waals surface area (Å²) in [4.78, 5) is 16.4. The third kappa shape index (κ3) is 3.39. The van der Waals surface area contributed by atoms with Crippen molar-refractivity contribution in [3.63, 3.8) is 0 Å². The predicted molar refractivity (Wildman–Crippen MR) is 77.9 cm³/mol. The first-order chi connectivity index (χ1) is 9.13. The molecule has 1 aromatic carbocycles. The predicted octanol–water partition coefficient (Wildman–Crippen LogP) is 1.71. The highest BCUT2D eigenvalue weighted by Gasteiger charge is 2.23. The lowest BCUT2D eigenvalue weighted by molar-refractivity contribution is 0.0641. The molecule has 4 nitrogen and oxygen atoms in total. The van der Waals surface area contributed by atoms with Gasteiger partial charge in [0.15, 0.2) is 0 Å². The molecular formula is C13H17Cl2N3O. The maximum absolute atomic E-state index is 12.4.